The van der Waals surface area contributed by atoms with Gasteiger partial charge in [0.05, 0.1) is 27.9 Å². The predicted molar refractivity (Wildman–Crippen MR) is 120 cm³/mol. The van der Waals surface area contributed by atoms with E-state index in [9.17, 15) is 17.6 Å². The standard InChI is InChI=1S/C23H21FN4O3S/c1-27(2)32(30,31)19-6-3-5-16(13-19)14-25-23(29)20-7-4-8-22-21(20)15-26-28(22)18-11-9-17(24)10-12-18/h3-13,15H,14H2,1-2H3,(H,25,29). The van der Waals surface area contributed by atoms with Crippen LogP contribution in [-0.2, 0) is 16.6 Å². The molecule has 0 aliphatic carbocycles. The predicted octanol–water partition coefficient (Wildman–Crippen LogP) is 3.34. The van der Waals surface area contributed by atoms with Crippen molar-refractivity contribution in [1.82, 2.24) is 19.4 Å². The molecule has 4 rings (SSSR count). The zero-order valence-corrected chi connectivity index (χ0v) is 18.3. The molecule has 1 aromatic heterocycles. The van der Waals surface area contributed by atoms with Crippen LogP contribution in [0, 0.1) is 5.82 Å². The molecule has 0 saturated heterocycles. The number of nitrogens with zero attached hydrogens (tertiary/aromatic N) is 3. The summed E-state index contributed by atoms with van der Waals surface area (Å²) in [5.41, 5.74) is 2.49. The zero-order chi connectivity index (χ0) is 22.9. The normalized spacial score (nSPS) is 11.8. The molecule has 0 radical (unpaired) electrons. The van der Waals surface area contributed by atoms with Gasteiger partial charge in [0.25, 0.3) is 5.91 Å². The molecule has 4 aromatic rings. The molecule has 0 saturated carbocycles. The number of fused-ring (bicyclic) bond motifs is 1. The van der Waals surface area contributed by atoms with Crippen LogP contribution < -0.4 is 5.32 Å². The Morgan fingerprint density at radius 1 is 1.06 bits per heavy atom. The third kappa shape index (κ3) is 4.12. The highest BCUT2D eigenvalue weighted by molar-refractivity contribution is 7.89. The molecule has 164 valence electrons. The Hall–Kier alpha value is -3.56. The van der Waals surface area contributed by atoms with Gasteiger partial charge in [0.1, 0.15) is 5.82 Å². The minimum atomic E-state index is -3.56. The molecule has 1 N–H and O–H groups in total. The van der Waals surface area contributed by atoms with Crippen LogP contribution in [0.4, 0.5) is 4.39 Å². The summed E-state index contributed by atoms with van der Waals surface area (Å²) < 4.78 is 40.7. The van der Waals surface area contributed by atoms with Crippen LogP contribution >= 0.6 is 0 Å². The first kappa shape index (κ1) is 21.7. The molecule has 0 aliphatic heterocycles. The largest absolute Gasteiger partial charge is 0.348 e. The van der Waals surface area contributed by atoms with Gasteiger partial charge in [-0.1, -0.05) is 18.2 Å². The first-order chi connectivity index (χ1) is 15.3. The fourth-order valence-corrected chi connectivity index (χ4v) is 4.31. The first-order valence-electron chi connectivity index (χ1n) is 9.80. The maximum absolute atomic E-state index is 13.2. The summed E-state index contributed by atoms with van der Waals surface area (Å²) in [5.74, 6) is -0.650. The number of aromatic nitrogens is 2. The van der Waals surface area contributed by atoms with Gasteiger partial charge >= 0.3 is 0 Å². The van der Waals surface area contributed by atoms with Crippen molar-refractivity contribution >= 4 is 26.8 Å². The lowest BCUT2D eigenvalue weighted by atomic mass is 10.1. The van der Waals surface area contributed by atoms with E-state index in [-0.39, 0.29) is 23.2 Å². The second-order valence-electron chi connectivity index (χ2n) is 7.39. The van der Waals surface area contributed by atoms with Crippen LogP contribution in [0.5, 0.6) is 0 Å². The Bertz CT molecular complexity index is 1400. The number of carbonyl (C=O) groups is 1. The van der Waals surface area contributed by atoms with Gasteiger partial charge in [0.2, 0.25) is 10.0 Å². The topological polar surface area (TPSA) is 84.3 Å². The number of carbonyl (C=O) groups excluding carboxylic acids is 1. The van der Waals surface area contributed by atoms with Gasteiger partial charge in [0.15, 0.2) is 0 Å². The average Bonchev–Trinajstić information content (AvgIpc) is 3.22. The van der Waals surface area contributed by atoms with Gasteiger partial charge in [-0.25, -0.2) is 21.8 Å². The monoisotopic (exact) mass is 452 g/mol. The van der Waals surface area contributed by atoms with Gasteiger partial charge < -0.3 is 5.32 Å². The number of rotatable bonds is 6. The summed E-state index contributed by atoms with van der Waals surface area (Å²) in [7, 11) is -0.622. The van der Waals surface area contributed by atoms with Crippen molar-refractivity contribution in [3.8, 4) is 5.69 Å². The van der Waals surface area contributed by atoms with E-state index in [4.69, 9.17) is 0 Å². The van der Waals surface area contributed by atoms with Gasteiger partial charge in [-0.15, -0.1) is 0 Å². The molecule has 7 nitrogen and oxygen atoms in total. The van der Waals surface area contributed by atoms with Gasteiger partial charge in [-0.2, -0.15) is 5.10 Å². The van der Waals surface area contributed by atoms with Crippen LogP contribution in [0.1, 0.15) is 15.9 Å². The van der Waals surface area contributed by atoms with Crippen LogP contribution in [0.3, 0.4) is 0 Å². The smallest absolute Gasteiger partial charge is 0.252 e. The van der Waals surface area contributed by atoms with Gasteiger partial charge in [-0.3, -0.25) is 4.79 Å². The molecule has 1 amide bonds. The lowest BCUT2D eigenvalue weighted by Crippen LogP contribution is -2.24. The van der Waals surface area contributed by atoms with Gasteiger partial charge in [0, 0.05) is 26.0 Å². The molecule has 0 spiro atoms. The molecular formula is C23H21FN4O3S. The van der Waals surface area contributed by atoms with Crippen LogP contribution in [0.15, 0.2) is 77.8 Å². The summed E-state index contributed by atoms with van der Waals surface area (Å²) in [6.45, 7) is 0.165. The van der Waals surface area contributed by atoms with E-state index in [1.807, 2.05) is 6.07 Å². The minimum absolute atomic E-state index is 0.164. The van der Waals surface area contributed by atoms with Crippen molar-refractivity contribution in [2.45, 2.75) is 11.4 Å². The number of amides is 1. The fraction of sp³-hybridized carbons (Fsp3) is 0.130. The summed E-state index contributed by atoms with van der Waals surface area (Å²) in [4.78, 5) is 13.1. The molecule has 3 aromatic carbocycles. The third-order valence-corrected chi connectivity index (χ3v) is 6.87. The van der Waals surface area contributed by atoms with Crippen LogP contribution in [-0.4, -0.2) is 42.5 Å². The third-order valence-electron chi connectivity index (χ3n) is 5.06. The fourth-order valence-electron chi connectivity index (χ4n) is 3.34. The zero-order valence-electron chi connectivity index (χ0n) is 17.5. The van der Waals surface area contributed by atoms with E-state index in [2.05, 4.69) is 10.4 Å². The van der Waals surface area contributed by atoms with Crippen molar-refractivity contribution in [2.75, 3.05) is 14.1 Å². The highest BCUT2D eigenvalue weighted by atomic mass is 32.2. The van der Waals surface area contributed by atoms with E-state index >= 15 is 0 Å². The quantitative estimate of drug-likeness (QED) is 0.486. The Morgan fingerprint density at radius 3 is 2.50 bits per heavy atom. The molecular weight excluding hydrogens is 431 g/mol. The number of sulfonamides is 1. The Morgan fingerprint density at radius 2 is 1.78 bits per heavy atom. The number of hydrogen-bond acceptors (Lipinski definition) is 4. The van der Waals surface area contributed by atoms with Gasteiger partial charge in [-0.05, 0) is 54.1 Å². The van der Waals surface area contributed by atoms with E-state index in [0.717, 1.165) is 4.31 Å². The Labute approximate surface area is 185 Å². The summed E-state index contributed by atoms with van der Waals surface area (Å²) in [6.07, 6.45) is 1.60. The highest BCUT2D eigenvalue weighted by Crippen LogP contribution is 2.22. The summed E-state index contributed by atoms with van der Waals surface area (Å²) in [5, 5.41) is 7.84. The maximum Gasteiger partial charge on any atom is 0.252 e. The molecule has 0 bridgehead atoms. The lowest BCUT2D eigenvalue weighted by molar-refractivity contribution is 0.0952. The molecule has 0 aliphatic rings. The molecule has 0 unspecified atom stereocenters. The lowest BCUT2D eigenvalue weighted by Gasteiger charge is -2.12. The van der Waals surface area contributed by atoms with Crippen molar-refractivity contribution in [3.05, 3.63) is 89.9 Å². The first-order valence-corrected chi connectivity index (χ1v) is 11.2. The summed E-state index contributed by atoms with van der Waals surface area (Å²) in [6, 6.07) is 17.7. The number of benzene rings is 3. The molecule has 0 fully saturated rings. The molecule has 9 heteroatoms. The molecule has 0 atom stereocenters. The number of nitrogens with one attached hydrogen (secondary N) is 1. The van der Waals surface area contributed by atoms with Crippen LogP contribution in [0.2, 0.25) is 0 Å². The summed E-state index contributed by atoms with van der Waals surface area (Å²) >= 11 is 0. The molecule has 32 heavy (non-hydrogen) atoms. The second-order valence-corrected chi connectivity index (χ2v) is 9.54. The second kappa shape index (κ2) is 8.52. The van der Waals surface area contributed by atoms with Crippen molar-refractivity contribution in [2.24, 2.45) is 0 Å². The Balaban J connectivity index is 1.57. The number of halogens is 1. The number of hydrogen-bond donors (Lipinski definition) is 1. The van der Waals surface area contributed by atoms with Crippen molar-refractivity contribution in [3.63, 3.8) is 0 Å². The van der Waals surface area contributed by atoms with Crippen molar-refractivity contribution < 1.29 is 17.6 Å². The van der Waals surface area contributed by atoms with Crippen LogP contribution in [0.25, 0.3) is 16.6 Å². The highest BCUT2D eigenvalue weighted by Gasteiger charge is 2.18. The average molecular weight is 453 g/mol. The van der Waals surface area contributed by atoms with E-state index < -0.39 is 10.0 Å². The van der Waals surface area contributed by atoms with E-state index in [1.165, 1.54) is 32.3 Å². The minimum Gasteiger partial charge on any atom is -0.348 e. The maximum atomic E-state index is 13.2. The van der Waals surface area contributed by atoms with E-state index in [1.54, 1.807) is 53.3 Å². The molecule has 1 heterocycles. The SMILES string of the molecule is CN(C)S(=O)(=O)c1cccc(CNC(=O)c2cccc3c2cnn3-c2ccc(F)cc2)c1. The van der Waals surface area contributed by atoms with Crippen molar-refractivity contribution in [1.29, 1.82) is 0 Å². The Kier molecular flexibility index (Phi) is 5.77. The van der Waals surface area contributed by atoms with E-state index in [0.29, 0.717) is 27.7 Å².